The molecule has 0 bridgehead atoms. The molecule has 1 saturated carbocycles. The van der Waals surface area contributed by atoms with Crippen LogP contribution in [0.4, 0.5) is 27.6 Å². The van der Waals surface area contributed by atoms with Crippen LogP contribution in [0.25, 0.3) is 0 Å². The number of amides is 4. The summed E-state index contributed by atoms with van der Waals surface area (Å²) in [4.78, 5) is 52.1. The van der Waals surface area contributed by atoms with E-state index in [9.17, 15) is 37.5 Å². The van der Waals surface area contributed by atoms with Gasteiger partial charge in [-0.3, -0.25) is 24.1 Å². The first-order valence-electron chi connectivity index (χ1n) is 15.5. The molecule has 2 heterocycles. The standard InChI is InChI=1S/C35H25Cl2F5N2O7/c1-50-19-10-15(45)11-20(51-2)22(19)23-16-8-9-17-21(31(47)43(30(17)46)13-14-6-4-3-5-7-14)18(16)12-34(36)32(48)44(33(49)35(23,34)37)29-27(41)25(39)24(38)26(40)28(29)42/h3-8,10-11,17-18,21,23,45H,9,12-13H2,1-2H3. The van der Waals surface area contributed by atoms with Gasteiger partial charge in [0.1, 0.15) is 22.9 Å². The lowest BCUT2D eigenvalue weighted by atomic mass is 9.56. The molecule has 0 radical (unpaired) electrons. The zero-order valence-electron chi connectivity index (χ0n) is 26.5. The number of hydrogen-bond donors (Lipinski definition) is 1. The summed E-state index contributed by atoms with van der Waals surface area (Å²) in [6.45, 7) is -0.0759. The van der Waals surface area contributed by atoms with Crippen molar-refractivity contribution in [3.8, 4) is 17.2 Å². The van der Waals surface area contributed by atoms with Gasteiger partial charge < -0.3 is 14.6 Å². The van der Waals surface area contributed by atoms with Crippen molar-refractivity contribution in [2.24, 2.45) is 17.8 Å². The summed E-state index contributed by atoms with van der Waals surface area (Å²) in [6.07, 6.45) is 0.842. The van der Waals surface area contributed by atoms with E-state index in [2.05, 4.69) is 0 Å². The summed E-state index contributed by atoms with van der Waals surface area (Å²) < 4.78 is 84.7. The Morgan fingerprint density at radius 2 is 1.39 bits per heavy atom. The lowest BCUT2D eigenvalue weighted by Crippen LogP contribution is -2.60. The second-order valence-electron chi connectivity index (χ2n) is 12.7. The number of halogens is 7. The molecule has 0 spiro atoms. The van der Waals surface area contributed by atoms with Crippen LogP contribution in [0.15, 0.2) is 54.1 Å². The van der Waals surface area contributed by atoms with E-state index in [1.807, 2.05) is 0 Å². The molecule has 6 unspecified atom stereocenters. The monoisotopic (exact) mass is 750 g/mol. The maximum absolute atomic E-state index is 15.3. The maximum Gasteiger partial charge on any atom is 0.258 e. The van der Waals surface area contributed by atoms with Gasteiger partial charge in [0, 0.05) is 23.6 Å². The van der Waals surface area contributed by atoms with Gasteiger partial charge in [-0.15, -0.1) is 23.2 Å². The van der Waals surface area contributed by atoms with E-state index in [1.54, 1.807) is 36.4 Å². The van der Waals surface area contributed by atoms with Gasteiger partial charge in [-0.1, -0.05) is 42.0 Å². The van der Waals surface area contributed by atoms with Crippen molar-refractivity contribution in [3.05, 3.63) is 94.3 Å². The Labute approximate surface area is 296 Å². The van der Waals surface area contributed by atoms with Gasteiger partial charge in [0.05, 0.1) is 32.6 Å². The number of alkyl halides is 2. The molecular formula is C35H25Cl2F5N2O7. The van der Waals surface area contributed by atoms with Gasteiger partial charge in [0.25, 0.3) is 11.8 Å². The lowest BCUT2D eigenvalue weighted by molar-refractivity contribution is -0.141. The Balaban J connectivity index is 1.46. The van der Waals surface area contributed by atoms with Crippen LogP contribution in [0.2, 0.25) is 0 Å². The van der Waals surface area contributed by atoms with Crippen molar-refractivity contribution in [2.45, 2.75) is 35.1 Å². The number of carbonyl (C=O) groups excluding carboxylic acids is 4. The predicted octanol–water partition coefficient (Wildman–Crippen LogP) is 5.87. The molecule has 7 rings (SSSR count). The predicted molar refractivity (Wildman–Crippen MR) is 170 cm³/mol. The van der Waals surface area contributed by atoms with Crippen molar-refractivity contribution in [1.82, 2.24) is 4.90 Å². The molecule has 16 heteroatoms. The first-order valence-corrected chi connectivity index (χ1v) is 16.2. The van der Waals surface area contributed by atoms with Crippen molar-refractivity contribution in [2.75, 3.05) is 19.1 Å². The number of rotatable bonds is 6. The summed E-state index contributed by atoms with van der Waals surface area (Å²) in [5, 5.41) is 10.4. The quantitative estimate of drug-likeness (QED) is 0.0838. The molecule has 6 atom stereocenters. The molecule has 4 amide bonds. The number of phenolic OH excluding ortho intramolecular Hbond substituents is 1. The number of methoxy groups -OCH3 is 2. The summed E-state index contributed by atoms with van der Waals surface area (Å²) in [5.74, 6) is -22.4. The van der Waals surface area contributed by atoms with Gasteiger partial charge in [0.15, 0.2) is 33.0 Å². The number of imide groups is 2. The van der Waals surface area contributed by atoms with Gasteiger partial charge >= 0.3 is 0 Å². The molecule has 3 aromatic rings. The van der Waals surface area contributed by atoms with Crippen molar-refractivity contribution in [3.63, 3.8) is 0 Å². The fraction of sp³-hybridized carbons (Fsp3) is 0.314. The van der Waals surface area contributed by atoms with Crippen molar-refractivity contribution < 1.29 is 55.7 Å². The summed E-state index contributed by atoms with van der Waals surface area (Å²) in [5.41, 5.74) is -1.14. The molecule has 9 nitrogen and oxygen atoms in total. The number of benzene rings is 3. The van der Waals surface area contributed by atoms with Crippen LogP contribution in [0.3, 0.4) is 0 Å². The van der Waals surface area contributed by atoms with E-state index in [0.717, 1.165) is 17.0 Å². The number of anilines is 1. The number of ether oxygens (including phenoxy) is 2. The molecule has 2 aliphatic carbocycles. The molecule has 3 aromatic carbocycles. The molecule has 0 aromatic heterocycles. The molecule has 266 valence electrons. The molecule has 2 aliphatic heterocycles. The first kappa shape index (κ1) is 34.7. The first-order chi connectivity index (χ1) is 24.1. The Hall–Kier alpha value is -4.69. The van der Waals surface area contributed by atoms with E-state index in [-0.39, 0.29) is 46.3 Å². The van der Waals surface area contributed by atoms with Gasteiger partial charge in [0.2, 0.25) is 17.6 Å². The average Bonchev–Trinajstić information content (AvgIpc) is 3.44. The van der Waals surface area contributed by atoms with Crippen LogP contribution in [-0.2, 0) is 25.7 Å². The third-order valence-corrected chi connectivity index (χ3v) is 11.7. The third-order valence-electron chi connectivity index (χ3n) is 10.3. The lowest BCUT2D eigenvalue weighted by Gasteiger charge is -2.51. The largest absolute Gasteiger partial charge is 0.508 e. The molecular weight excluding hydrogens is 726 g/mol. The van der Waals surface area contributed by atoms with E-state index in [0.29, 0.717) is 5.56 Å². The Kier molecular flexibility index (Phi) is 8.14. The highest BCUT2D eigenvalue weighted by molar-refractivity contribution is 6.58. The molecule has 51 heavy (non-hydrogen) atoms. The number of allylic oxidation sites excluding steroid dienone is 2. The summed E-state index contributed by atoms with van der Waals surface area (Å²) in [7, 11) is 2.39. The third kappa shape index (κ3) is 4.57. The van der Waals surface area contributed by atoms with Crippen molar-refractivity contribution >= 4 is 52.5 Å². The molecule has 2 saturated heterocycles. The van der Waals surface area contributed by atoms with E-state index >= 15 is 8.78 Å². The number of likely N-dealkylation sites (tertiary alicyclic amines) is 1. The Morgan fingerprint density at radius 1 is 0.824 bits per heavy atom. The van der Waals surface area contributed by atoms with E-state index < -0.39 is 98.2 Å². The second kappa shape index (κ2) is 11.9. The van der Waals surface area contributed by atoms with Crippen LogP contribution in [0.5, 0.6) is 17.2 Å². The van der Waals surface area contributed by atoms with Gasteiger partial charge in [-0.05, 0) is 24.3 Å². The van der Waals surface area contributed by atoms with Gasteiger partial charge in [-0.2, -0.15) is 0 Å². The topological polar surface area (TPSA) is 113 Å². The number of hydrogen-bond acceptors (Lipinski definition) is 7. The Bertz CT molecular complexity index is 2050. The van der Waals surface area contributed by atoms with Crippen LogP contribution in [-0.4, -0.2) is 57.6 Å². The molecule has 1 N–H and O–H groups in total. The number of fused-ring (bicyclic) bond motifs is 4. The van der Waals surface area contributed by atoms with Crippen LogP contribution in [0.1, 0.15) is 29.9 Å². The Morgan fingerprint density at radius 3 is 1.96 bits per heavy atom. The fourth-order valence-corrected chi connectivity index (χ4v) is 9.00. The summed E-state index contributed by atoms with van der Waals surface area (Å²) in [6, 6.07) is 10.9. The normalized spacial score (nSPS) is 28.5. The minimum absolute atomic E-state index is 0.0443. The van der Waals surface area contributed by atoms with Crippen molar-refractivity contribution in [1.29, 1.82) is 0 Å². The number of nitrogens with zero attached hydrogens (tertiary/aromatic N) is 2. The van der Waals surface area contributed by atoms with Crippen LogP contribution < -0.4 is 14.4 Å². The van der Waals surface area contributed by atoms with E-state index in [1.165, 1.54) is 14.2 Å². The highest BCUT2D eigenvalue weighted by Gasteiger charge is 2.77. The zero-order chi connectivity index (χ0) is 36.9. The molecule has 3 fully saturated rings. The fourth-order valence-electron chi connectivity index (χ4n) is 8.08. The highest BCUT2D eigenvalue weighted by atomic mass is 35.5. The van der Waals surface area contributed by atoms with Crippen LogP contribution in [0, 0.1) is 46.8 Å². The number of carbonyl (C=O) groups is 4. The van der Waals surface area contributed by atoms with Crippen LogP contribution >= 0.6 is 23.2 Å². The average molecular weight is 751 g/mol. The second-order valence-corrected chi connectivity index (χ2v) is 13.9. The van der Waals surface area contributed by atoms with Gasteiger partial charge in [-0.25, -0.2) is 26.9 Å². The highest BCUT2D eigenvalue weighted by Crippen LogP contribution is 2.67. The molecule has 4 aliphatic rings. The zero-order valence-corrected chi connectivity index (χ0v) is 28.0. The van der Waals surface area contributed by atoms with E-state index in [4.69, 9.17) is 32.7 Å². The summed E-state index contributed by atoms with van der Waals surface area (Å²) >= 11 is 14.4. The SMILES string of the molecule is COc1cc(O)cc(OC)c1C1C2=CCC3C(=O)N(Cc4ccccc4)C(=O)C3C2CC2(Cl)C(=O)N(c3c(F)c(F)c(F)c(F)c3F)C(=O)C12Cl. The maximum atomic E-state index is 15.3. The number of aromatic hydroxyl groups is 1. The minimum Gasteiger partial charge on any atom is -0.508 e. The number of phenols is 1. The smallest absolute Gasteiger partial charge is 0.258 e. The minimum atomic E-state index is -2.80.